The zero-order valence-corrected chi connectivity index (χ0v) is 22.1. The highest BCUT2D eigenvalue weighted by Gasteiger charge is 2.41. The number of hydrogen-bond donors (Lipinski definition) is 0. The van der Waals surface area contributed by atoms with E-state index in [1.54, 1.807) is 14.0 Å². The number of Topliss-reactive ketones (excluding diaryl/α,β-unsaturated/α-hetero) is 1. The van der Waals surface area contributed by atoms with Crippen molar-refractivity contribution in [2.75, 3.05) is 17.0 Å². The second kappa shape index (κ2) is 10.8. The first kappa shape index (κ1) is 25.1. The van der Waals surface area contributed by atoms with Gasteiger partial charge in [0, 0.05) is 18.2 Å². The topological polar surface area (TPSA) is 54.4 Å². The maximum Gasteiger partial charge on any atom is 0.198 e. The number of methoxy groups -OCH3 is 1. The zero-order valence-electron chi connectivity index (χ0n) is 22.1. The smallest absolute Gasteiger partial charge is 0.198 e. The van der Waals surface area contributed by atoms with E-state index in [0.29, 0.717) is 23.9 Å². The van der Waals surface area contributed by atoms with Crippen LogP contribution in [0.4, 0.5) is 11.4 Å². The molecule has 1 atom stereocenters. The van der Waals surface area contributed by atoms with Gasteiger partial charge in [0.1, 0.15) is 6.61 Å². The van der Waals surface area contributed by atoms with Crippen LogP contribution >= 0.6 is 0 Å². The normalized spacial score (nSPS) is 14.8. The lowest BCUT2D eigenvalue weighted by Gasteiger charge is -2.33. The molecule has 0 N–H and O–H groups in total. The number of para-hydroxylation sites is 1. The van der Waals surface area contributed by atoms with E-state index >= 15 is 0 Å². The molecule has 0 amide bonds. The van der Waals surface area contributed by atoms with Gasteiger partial charge in [-0.25, -0.2) is 5.01 Å². The summed E-state index contributed by atoms with van der Waals surface area (Å²) in [6.07, 6.45) is -0.487. The molecule has 0 aliphatic carbocycles. The summed E-state index contributed by atoms with van der Waals surface area (Å²) in [5.74, 6) is 1.46. The summed E-state index contributed by atoms with van der Waals surface area (Å²) in [5.41, 5.74) is 5.85. The van der Waals surface area contributed by atoms with Crippen LogP contribution in [0.1, 0.15) is 35.3 Å². The number of anilines is 2. The Bertz CT molecular complexity index is 1470. The van der Waals surface area contributed by atoms with Gasteiger partial charge in [-0.3, -0.25) is 9.69 Å². The number of aryl methyl sites for hydroxylation is 2. The summed E-state index contributed by atoms with van der Waals surface area (Å²) < 4.78 is 12.2. The van der Waals surface area contributed by atoms with Gasteiger partial charge >= 0.3 is 0 Å². The molecule has 192 valence electrons. The predicted octanol–water partition coefficient (Wildman–Crippen LogP) is 6.82. The van der Waals surface area contributed by atoms with Crippen LogP contribution in [0.15, 0.2) is 102 Å². The summed E-state index contributed by atoms with van der Waals surface area (Å²) in [7, 11) is 1.64. The van der Waals surface area contributed by atoms with Crippen molar-refractivity contribution in [3.63, 3.8) is 0 Å². The number of carbonyl (C=O) groups is 1. The molecule has 0 fully saturated rings. The predicted molar refractivity (Wildman–Crippen MR) is 152 cm³/mol. The Morgan fingerprint density at radius 2 is 1.58 bits per heavy atom. The molecule has 5 rings (SSSR count). The molecule has 0 saturated carbocycles. The van der Waals surface area contributed by atoms with Crippen molar-refractivity contribution in [1.82, 2.24) is 0 Å². The van der Waals surface area contributed by atoms with Crippen LogP contribution in [0, 0.1) is 13.8 Å². The lowest BCUT2D eigenvalue weighted by atomic mass is 10.1. The quantitative estimate of drug-likeness (QED) is 0.263. The average Bonchev–Trinajstić information content (AvgIpc) is 3.33. The highest BCUT2D eigenvalue weighted by atomic mass is 16.5. The third kappa shape index (κ3) is 4.98. The number of rotatable bonds is 8. The molecule has 6 nitrogen and oxygen atoms in total. The third-order valence-electron chi connectivity index (χ3n) is 6.53. The maximum atomic E-state index is 13.0. The number of carbonyl (C=O) groups excluding carboxylic acids is 1. The molecule has 1 aliphatic rings. The summed E-state index contributed by atoms with van der Waals surface area (Å²) in [6, 6.07) is 32.1. The third-order valence-corrected chi connectivity index (χ3v) is 6.53. The van der Waals surface area contributed by atoms with Gasteiger partial charge in [0.05, 0.1) is 12.8 Å². The van der Waals surface area contributed by atoms with Crippen molar-refractivity contribution in [3.05, 3.63) is 119 Å². The largest absolute Gasteiger partial charge is 0.493 e. The second-order valence-corrected chi connectivity index (χ2v) is 9.40. The van der Waals surface area contributed by atoms with E-state index in [1.165, 1.54) is 0 Å². The van der Waals surface area contributed by atoms with Gasteiger partial charge in [-0.1, -0.05) is 72.3 Å². The van der Waals surface area contributed by atoms with E-state index < -0.39 is 6.17 Å². The number of ether oxygens (including phenoxy) is 2. The lowest BCUT2D eigenvalue weighted by Crippen LogP contribution is -2.38. The van der Waals surface area contributed by atoms with Gasteiger partial charge in [0.15, 0.2) is 29.3 Å². The molecule has 4 aromatic rings. The van der Waals surface area contributed by atoms with Crippen molar-refractivity contribution in [2.45, 2.75) is 33.5 Å². The molecule has 0 radical (unpaired) electrons. The Balaban J connectivity index is 1.68. The number of hydrazone groups is 1. The molecule has 6 heteroatoms. The first-order valence-electron chi connectivity index (χ1n) is 12.6. The first-order valence-corrected chi connectivity index (χ1v) is 12.6. The molecule has 1 aliphatic heterocycles. The first-order chi connectivity index (χ1) is 18.5. The molecule has 4 aromatic carbocycles. The fourth-order valence-electron chi connectivity index (χ4n) is 4.66. The Labute approximate surface area is 223 Å². The van der Waals surface area contributed by atoms with Gasteiger partial charge in [-0.05, 0) is 55.3 Å². The molecule has 0 saturated heterocycles. The molecular formula is C32H31N3O3. The molecule has 1 unspecified atom stereocenters. The molecule has 0 bridgehead atoms. The zero-order chi connectivity index (χ0) is 26.6. The standard InChI is InChI=1S/C32H31N3O3/c1-22-16-18-26(19-17-22)35-32(34(31(33-35)24(3)36)27-13-8-10-23(2)20-27)28-14-9-15-29(37-4)30(28)38-21-25-11-6-5-7-12-25/h5-20,32H,21H2,1-4H3. The fraction of sp³-hybridized carbons (Fsp3) is 0.188. The summed E-state index contributed by atoms with van der Waals surface area (Å²) in [6.45, 7) is 6.01. The Morgan fingerprint density at radius 1 is 0.842 bits per heavy atom. The van der Waals surface area contributed by atoms with Crippen molar-refractivity contribution in [1.29, 1.82) is 0 Å². The van der Waals surface area contributed by atoms with Crippen LogP contribution in [0.2, 0.25) is 0 Å². The Hall–Kier alpha value is -4.58. The minimum atomic E-state index is -0.487. The average molecular weight is 506 g/mol. The van der Waals surface area contributed by atoms with Gasteiger partial charge < -0.3 is 9.47 Å². The number of ketones is 1. The SMILES string of the molecule is COc1cccc(C2N(c3ccc(C)cc3)N=C(C(C)=O)N2c2cccc(C)c2)c1OCc1ccccc1. The van der Waals surface area contributed by atoms with Crippen LogP contribution in [0.5, 0.6) is 11.5 Å². The van der Waals surface area contributed by atoms with E-state index in [1.807, 2.05) is 115 Å². The van der Waals surface area contributed by atoms with Crippen molar-refractivity contribution in [3.8, 4) is 11.5 Å². The van der Waals surface area contributed by atoms with Crippen LogP contribution in [-0.2, 0) is 11.4 Å². The van der Waals surface area contributed by atoms with Crippen LogP contribution in [-0.4, -0.2) is 18.7 Å². The highest BCUT2D eigenvalue weighted by Crippen LogP contribution is 2.45. The number of nitrogens with zero attached hydrogens (tertiary/aromatic N) is 3. The van der Waals surface area contributed by atoms with Crippen LogP contribution < -0.4 is 19.4 Å². The Kier molecular flexibility index (Phi) is 7.13. The summed E-state index contributed by atoms with van der Waals surface area (Å²) >= 11 is 0. The van der Waals surface area contributed by atoms with E-state index in [9.17, 15) is 4.79 Å². The number of hydrogen-bond acceptors (Lipinski definition) is 6. The van der Waals surface area contributed by atoms with Crippen LogP contribution in [0.3, 0.4) is 0 Å². The van der Waals surface area contributed by atoms with Crippen molar-refractivity contribution >= 4 is 23.0 Å². The van der Waals surface area contributed by atoms with Gasteiger partial charge in [0.25, 0.3) is 0 Å². The molecule has 38 heavy (non-hydrogen) atoms. The van der Waals surface area contributed by atoms with Crippen molar-refractivity contribution < 1.29 is 14.3 Å². The van der Waals surface area contributed by atoms with Crippen molar-refractivity contribution in [2.24, 2.45) is 5.10 Å². The van der Waals surface area contributed by atoms with E-state index in [0.717, 1.165) is 33.6 Å². The number of amidine groups is 1. The van der Waals surface area contributed by atoms with E-state index in [2.05, 4.69) is 6.07 Å². The Morgan fingerprint density at radius 3 is 2.26 bits per heavy atom. The van der Waals surface area contributed by atoms with Gasteiger partial charge in [-0.2, -0.15) is 0 Å². The summed E-state index contributed by atoms with van der Waals surface area (Å²) in [4.78, 5) is 15.0. The maximum absolute atomic E-state index is 13.0. The molecular weight excluding hydrogens is 474 g/mol. The minimum absolute atomic E-state index is 0.124. The second-order valence-electron chi connectivity index (χ2n) is 9.40. The van der Waals surface area contributed by atoms with Crippen LogP contribution in [0.25, 0.3) is 0 Å². The lowest BCUT2D eigenvalue weighted by molar-refractivity contribution is -0.111. The monoisotopic (exact) mass is 505 g/mol. The van der Waals surface area contributed by atoms with Gasteiger partial charge in [-0.15, -0.1) is 5.10 Å². The molecule has 1 heterocycles. The fourth-order valence-corrected chi connectivity index (χ4v) is 4.66. The summed E-state index contributed by atoms with van der Waals surface area (Å²) in [5, 5.41) is 6.77. The van der Waals surface area contributed by atoms with E-state index in [4.69, 9.17) is 14.6 Å². The van der Waals surface area contributed by atoms with E-state index in [-0.39, 0.29) is 5.78 Å². The minimum Gasteiger partial charge on any atom is -0.493 e. The molecule has 0 spiro atoms. The molecule has 0 aromatic heterocycles. The van der Waals surface area contributed by atoms with Gasteiger partial charge in [0.2, 0.25) is 0 Å². The highest BCUT2D eigenvalue weighted by molar-refractivity contribution is 6.44. The number of benzene rings is 4.